The van der Waals surface area contributed by atoms with Gasteiger partial charge >= 0.3 is 0 Å². The van der Waals surface area contributed by atoms with Crippen LogP contribution in [-0.2, 0) is 0 Å². The third-order valence-electron chi connectivity index (χ3n) is 6.76. The van der Waals surface area contributed by atoms with Crippen molar-refractivity contribution in [2.75, 3.05) is 29.9 Å². The highest BCUT2D eigenvalue weighted by Gasteiger charge is 2.26. The molecular formula is C24H29N7O3. The number of fused-ring (bicyclic) bond motifs is 1. The highest BCUT2D eigenvalue weighted by Crippen LogP contribution is 2.32. The molecule has 10 heteroatoms. The van der Waals surface area contributed by atoms with Gasteiger partial charge in [0.2, 0.25) is 5.95 Å². The van der Waals surface area contributed by atoms with E-state index in [4.69, 9.17) is 4.98 Å². The number of nitrogens with zero attached hydrogens (tertiary/aromatic N) is 5. The summed E-state index contributed by atoms with van der Waals surface area (Å²) in [6.07, 6.45) is 6.77. The van der Waals surface area contributed by atoms with Crippen molar-refractivity contribution in [3.8, 4) is 0 Å². The van der Waals surface area contributed by atoms with E-state index in [0.29, 0.717) is 41.5 Å². The number of aryl methyl sites for hydroxylation is 1. The molecule has 2 aliphatic rings. The van der Waals surface area contributed by atoms with Crippen LogP contribution in [0.15, 0.2) is 29.3 Å². The van der Waals surface area contributed by atoms with E-state index < -0.39 is 6.23 Å². The van der Waals surface area contributed by atoms with Crippen LogP contribution >= 0.6 is 0 Å². The van der Waals surface area contributed by atoms with Gasteiger partial charge in [-0.05, 0) is 44.4 Å². The van der Waals surface area contributed by atoms with Gasteiger partial charge < -0.3 is 15.3 Å². The summed E-state index contributed by atoms with van der Waals surface area (Å²) < 4.78 is 1.70. The van der Waals surface area contributed by atoms with Gasteiger partial charge in [-0.2, -0.15) is 4.98 Å². The second-order valence-electron chi connectivity index (χ2n) is 9.04. The number of aromatic nitrogens is 4. The van der Waals surface area contributed by atoms with Crippen molar-refractivity contribution in [1.29, 1.82) is 0 Å². The minimum atomic E-state index is -0.554. The van der Waals surface area contributed by atoms with Crippen LogP contribution < -0.4 is 21.1 Å². The summed E-state index contributed by atoms with van der Waals surface area (Å²) in [6, 6.07) is 3.81. The third-order valence-corrected chi connectivity index (χ3v) is 6.76. The molecule has 0 spiro atoms. The van der Waals surface area contributed by atoms with E-state index in [1.54, 1.807) is 23.9 Å². The molecule has 3 N–H and O–H groups in total. The zero-order valence-electron chi connectivity index (χ0n) is 19.4. The Hall–Kier alpha value is -3.37. The van der Waals surface area contributed by atoms with Crippen molar-refractivity contribution in [1.82, 2.24) is 24.8 Å². The molecule has 1 aliphatic heterocycles. The van der Waals surface area contributed by atoms with Crippen molar-refractivity contribution in [3.05, 3.63) is 46.0 Å². The molecule has 0 bridgehead atoms. The number of hydrogen-bond acceptors (Lipinski definition) is 9. The Balaban J connectivity index is 1.49. The van der Waals surface area contributed by atoms with Gasteiger partial charge in [0.25, 0.3) is 5.56 Å². The van der Waals surface area contributed by atoms with Crippen molar-refractivity contribution in [3.63, 3.8) is 0 Å². The van der Waals surface area contributed by atoms with Crippen LogP contribution in [0.1, 0.15) is 54.6 Å². The molecule has 5 rings (SSSR count). The maximum absolute atomic E-state index is 13.3. The van der Waals surface area contributed by atoms with Gasteiger partial charge in [0.05, 0.1) is 24.0 Å². The maximum atomic E-state index is 13.3. The summed E-state index contributed by atoms with van der Waals surface area (Å²) in [7, 11) is 0. The minimum absolute atomic E-state index is 0.0308. The van der Waals surface area contributed by atoms with Crippen LogP contribution in [0.4, 0.5) is 17.5 Å². The van der Waals surface area contributed by atoms with Crippen molar-refractivity contribution < 1.29 is 9.90 Å². The molecular weight excluding hydrogens is 434 g/mol. The Morgan fingerprint density at radius 2 is 2.00 bits per heavy atom. The first kappa shape index (κ1) is 22.4. The minimum Gasteiger partial charge on any atom is -0.377 e. The van der Waals surface area contributed by atoms with Crippen molar-refractivity contribution >= 4 is 34.3 Å². The lowest BCUT2D eigenvalue weighted by Gasteiger charge is -2.32. The van der Waals surface area contributed by atoms with Gasteiger partial charge in [-0.1, -0.05) is 12.8 Å². The molecule has 10 nitrogen and oxygen atoms in total. The average Bonchev–Trinajstić information content (AvgIpc) is 3.34. The molecule has 1 saturated heterocycles. The molecule has 1 aliphatic carbocycles. The predicted molar refractivity (Wildman–Crippen MR) is 130 cm³/mol. The molecule has 34 heavy (non-hydrogen) atoms. The number of pyridine rings is 2. The molecule has 1 saturated carbocycles. The molecule has 0 amide bonds. The molecule has 0 radical (unpaired) electrons. The molecule has 3 aromatic heterocycles. The number of carbonyl (C=O) groups excluding carboxylic acids is 1. The first-order chi connectivity index (χ1) is 16.4. The summed E-state index contributed by atoms with van der Waals surface area (Å²) in [5.41, 5.74) is 2.04. The summed E-state index contributed by atoms with van der Waals surface area (Å²) in [6.45, 7) is 5.21. The van der Waals surface area contributed by atoms with Crippen molar-refractivity contribution in [2.24, 2.45) is 0 Å². The van der Waals surface area contributed by atoms with Gasteiger partial charge in [0, 0.05) is 30.7 Å². The fourth-order valence-corrected chi connectivity index (χ4v) is 5.04. The first-order valence-corrected chi connectivity index (χ1v) is 11.7. The number of carbonyl (C=O) groups is 1. The van der Waals surface area contributed by atoms with Crippen LogP contribution in [-0.4, -0.2) is 56.3 Å². The van der Waals surface area contributed by atoms with Crippen LogP contribution in [0, 0.1) is 6.92 Å². The maximum Gasteiger partial charge on any atom is 0.263 e. The van der Waals surface area contributed by atoms with E-state index in [9.17, 15) is 14.7 Å². The third kappa shape index (κ3) is 4.14. The van der Waals surface area contributed by atoms with E-state index in [2.05, 4.69) is 25.5 Å². The van der Waals surface area contributed by atoms with Gasteiger partial charge in [-0.15, -0.1) is 0 Å². The number of rotatable bonds is 5. The molecule has 3 aromatic rings. The Kier molecular flexibility index (Phi) is 6.01. The van der Waals surface area contributed by atoms with Gasteiger partial charge in [-0.25, -0.2) is 9.97 Å². The van der Waals surface area contributed by atoms with Gasteiger partial charge in [-0.3, -0.25) is 19.5 Å². The van der Waals surface area contributed by atoms with Crippen molar-refractivity contribution in [2.45, 2.75) is 51.8 Å². The average molecular weight is 464 g/mol. The first-order valence-electron chi connectivity index (χ1n) is 11.7. The lowest BCUT2D eigenvalue weighted by atomic mass is 10.0. The molecule has 4 heterocycles. The van der Waals surface area contributed by atoms with E-state index in [-0.39, 0.29) is 22.9 Å². The number of aliphatic hydroxyl groups excluding tert-OH is 1. The second kappa shape index (κ2) is 9.11. The van der Waals surface area contributed by atoms with Crippen LogP contribution in [0.2, 0.25) is 0 Å². The lowest BCUT2D eigenvalue weighted by molar-refractivity contribution is 0.101. The number of hydrogen-bond donors (Lipinski definition) is 3. The number of β-amino-alcohol motifs (C(OH)–C–C–N with tert-alkyl or cyclic N) is 1. The van der Waals surface area contributed by atoms with E-state index in [0.717, 1.165) is 37.9 Å². The highest BCUT2D eigenvalue weighted by molar-refractivity contribution is 5.99. The standard InChI is InChI=1S/C24H29N7O3/c1-14-18-12-27-24(28-19-8-7-17(11-26-19)30-10-9-25-20(33)13-30)29-22(18)31(16-5-3-4-6-16)23(34)21(14)15(2)32/h7-8,11-12,16,20,25,33H,3-6,9-10,13H2,1-2H3,(H,26,27,28,29). The molecule has 1 unspecified atom stereocenters. The molecule has 1 atom stereocenters. The zero-order chi connectivity index (χ0) is 23.8. The summed E-state index contributed by atoms with van der Waals surface area (Å²) in [4.78, 5) is 41.3. The van der Waals surface area contributed by atoms with Gasteiger partial charge in [0.1, 0.15) is 17.7 Å². The number of nitrogens with one attached hydrogen (secondary N) is 2. The Labute approximate surface area is 197 Å². The van der Waals surface area contributed by atoms with E-state index >= 15 is 0 Å². The second-order valence-corrected chi connectivity index (χ2v) is 9.04. The zero-order valence-corrected chi connectivity index (χ0v) is 19.4. The molecule has 2 fully saturated rings. The summed E-state index contributed by atoms with van der Waals surface area (Å²) in [5.74, 6) is 0.678. The predicted octanol–water partition coefficient (Wildman–Crippen LogP) is 2.28. The van der Waals surface area contributed by atoms with Crippen LogP contribution in [0.25, 0.3) is 11.0 Å². The number of ketones is 1. The fraction of sp³-hybridized carbons (Fsp3) is 0.458. The number of Topliss-reactive ketones (excluding diaryl/α,β-unsaturated/α-hetero) is 1. The summed E-state index contributed by atoms with van der Waals surface area (Å²) in [5, 5.41) is 16.7. The Bertz CT molecular complexity index is 1280. The SMILES string of the molecule is CC(=O)c1c(C)c2cnc(Nc3ccc(N4CCNC(O)C4)cn3)nc2n(C2CCCC2)c1=O. The largest absolute Gasteiger partial charge is 0.377 e. The molecule has 178 valence electrons. The highest BCUT2D eigenvalue weighted by atomic mass is 16.3. The topological polar surface area (TPSA) is 125 Å². The quantitative estimate of drug-likeness (QED) is 0.489. The Morgan fingerprint density at radius 1 is 1.21 bits per heavy atom. The summed E-state index contributed by atoms with van der Waals surface area (Å²) >= 11 is 0. The monoisotopic (exact) mass is 463 g/mol. The normalized spacial score (nSPS) is 19.0. The van der Waals surface area contributed by atoms with Crippen LogP contribution in [0.5, 0.6) is 0 Å². The number of anilines is 3. The van der Waals surface area contributed by atoms with Gasteiger partial charge in [0.15, 0.2) is 5.78 Å². The molecule has 0 aromatic carbocycles. The van der Waals surface area contributed by atoms with Crippen LogP contribution in [0.3, 0.4) is 0 Å². The van der Waals surface area contributed by atoms with E-state index in [1.807, 2.05) is 12.1 Å². The smallest absolute Gasteiger partial charge is 0.263 e. The lowest BCUT2D eigenvalue weighted by Crippen LogP contribution is -2.50. The Morgan fingerprint density at radius 3 is 2.68 bits per heavy atom. The van der Waals surface area contributed by atoms with E-state index in [1.165, 1.54) is 6.92 Å². The number of piperazine rings is 1. The number of aliphatic hydroxyl groups is 1. The fourth-order valence-electron chi connectivity index (χ4n) is 5.04.